The second-order valence-electron chi connectivity index (χ2n) is 6.65. The Morgan fingerprint density at radius 2 is 1.67 bits per heavy atom. The molecule has 142 valence electrons. The number of hydrogen-bond acceptors (Lipinski definition) is 3. The Morgan fingerprint density at radius 1 is 0.963 bits per heavy atom. The standard InChI is InChI=1S/C21H26N4O2/c1-22-20(26)17-11-9-16(10-12-17)15-23-21(27)24-18-7-3-4-8-19(18)25-13-5-2-6-14-25/h3-4,7-12H,2,5-6,13-15H2,1H3,(H,22,26)(H2,23,24,27). The number of hydrogen-bond donors (Lipinski definition) is 3. The Hall–Kier alpha value is -3.02. The van der Waals surface area contributed by atoms with E-state index in [-0.39, 0.29) is 11.9 Å². The van der Waals surface area contributed by atoms with Crippen LogP contribution >= 0.6 is 0 Å². The van der Waals surface area contributed by atoms with Gasteiger partial charge in [-0.15, -0.1) is 0 Å². The first kappa shape index (κ1) is 18.8. The number of amides is 3. The fourth-order valence-corrected chi connectivity index (χ4v) is 3.26. The smallest absolute Gasteiger partial charge is 0.319 e. The van der Waals surface area contributed by atoms with Gasteiger partial charge in [-0.3, -0.25) is 4.79 Å². The van der Waals surface area contributed by atoms with Crippen LogP contribution in [0.15, 0.2) is 48.5 Å². The number of benzene rings is 2. The maximum Gasteiger partial charge on any atom is 0.319 e. The molecule has 1 aliphatic rings. The summed E-state index contributed by atoms with van der Waals surface area (Å²) in [4.78, 5) is 26.2. The molecule has 1 aliphatic heterocycles. The molecule has 0 aliphatic carbocycles. The van der Waals surface area contributed by atoms with Crippen LogP contribution in [-0.2, 0) is 6.54 Å². The van der Waals surface area contributed by atoms with Gasteiger partial charge in [0.15, 0.2) is 0 Å². The Kier molecular flexibility index (Phi) is 6.30. The van der Waals surface area contributed by atoms with E-state index in [1.807, 2.05) is 30.3 Å². The van der Waals surface area contributed by atoms with Crippen LogP contribution in [0.4, 0.5) is 16.2 Å². The normalized spacial score (nSPS) is 13.7. The SMILES string of the molecule is CNC(=O)c1ccc(CNC(=O)Nc2ccccc2N2CCCCC2)cc1. The van der Waals surface area contributed by atoms with Crippen molar-refractivity contribution in [3.05, 3.63) is 59.7 Å². The van der Waals surface area contributed by atoms with Crippen molar-refractivity contribution in [2.24, 2.45) is 0 Å². The number of anilines is 2. The predicted molar refractivity (Wildman–Crippen MR) is 108 cm³/mol. The van der Waals surface area contributed by atoms with Crippen LogP contribution in [0.1, 0.15) is 35.2 Å². The number of carbonyl (C=O) groups is 2. The number of urea groups is 1. The predicted octanol–water partition coefficient (Wildman–Crippen LogP) is 3.36. The lowest BCUT2D eigenvalue weighted by Crippen LogP contribution is -2.32. The van der Waals surface area contributed by atoms with Gasteiger partial charge in [0, 0.05) is 32.2 Å². The minimum absolute atomic E-state index is 0.124. The molecule has 0 saturated carbocycles. The number of carbonyl (C=O) groups excluding carboxylic acids is 2. The molecule has 1 saturated heterocycles. The van der Waals surface area contributed by atoms with Gasteiger partial charge in [-0.05, 0) is 49.1 Å². The minimum atomic E-state index is -0.241. The van der Waals surface area contributed by atoms with Gasteiger partial charge in [-0.2, -0.15) is 0 Å². The maximum absolute atomic E-state index is 12.3. The van der Waals surface area contributed by atoms with Crippen molar-refractivity contribution >= 4 is 23.3 Å². The van der Waals surface area contributed by atoms with Crippen LogP contribution < -0.4 is 20.9 Å². The number of nitrogens with zero attached hydrogens (tertiary/aromatic N) is 1. The topological polar surface area (TPSA) is 73.5 Å². The van der Waals surface area contributed by atoms with Gasteiger partial charge in [0.05, 0.1) is 11.4 Å². The average Bonchev–Trinajstić information content (AvgIpc) is 2.73. The van der Waals surface area contributed by atoms with Gasteiger partial charge in [0.2, 0.25) is 0 Å². The van der Waals surface area contributed by atoms with Gasteiger partial charge in [0.25, 0.3) is 5.91 Å². The zero-order valence-electron chi connectivity index (χ0n) is 15.6. The van der Waals surface area contributed by atoms with Crippen molar-refractivity contribution in [1.82, 2.24) is 10.6 Å². The monoisotopic (exact) mass is 366 g/mol. The molecule has 0 bridgehead atoms. The Balaban J connectivity index is 1.57. The molecule has 2 aromatic carbocycles. The molecule has 3 rings (SSSR count). The van der Waals surface area contributed by atoms with Crippen LogP contribution in [-0.4, -0.2) is 32.1 Å². The van der Waals surface area contributed by atoms with E-state index in [0.29, 0.717) is 12.1 Å². The minimum Gasteiger partial charge on any atom is -0.370 e. The van der Waals surface area contributed by atoms with Gasteiger partial charge < -0.3 is 20.9 Å². The maximum atomic E-state index is 12.3. The van der Waals surface area contributed by atoms with Crippen molar-refractivity contribution in [2.75, 3.05) is 30.4 Å². The Labute approximate surface area is 159 Å². The number of para-hydroxylation sites is 2. The lowest BCUT2D eigenvalue weighted by molar-refractivity contribution is 0.0963. The van der Waals surface area contributed by atoms with E-state index in [4.69, 9.17) is 0 Å². The first-order valence-electron chi connectivity index (χ1n) is 9.37. The molecular formula is C21H26N4O2. The highest BCUT2D eigenvalue weighted by Gasteiger charge is 2.15. The molecule has 6 heteroatoms. The summed E-state index contributed by atoms with van der Waals surface area (Å²) in [6.45, 7) is 2.45. The highest BCUT2D eigenvalue weighted by atomic mass is 16.2. The summed E-state index contributed by atoms with van der Waals surface area (Å²) < 4.78 is 0. The van der Waals surface area contributed by atoms with Crippen LogP contribution in [0.2, 0.25) is 0 Å². The lowest BCUT2D eigenvalue weighted by atomic mass is 10.1. The fraction of sp³-hybridized carbons (Fsp3) is 0.333. The molecule has 3 N–H and O–H groups in total. The molecule has 0 spiro atoms. The fourth-order valence-electron chi connectivity index (χ4n) is 3.26. The quantitative estimate of drug-likeness (QED) is 0.760. The molecule has 1 fully saturated rings. The molecule has 2 aromatic rings. The molecule has 27 heavy (non-hydrogen) atoms. The third kappa shape index (κ3) is 5.00. The van der Waals surface area contributed by atoms with Gasteiger partial charge in [-0.1, -0.05) is 24.3 Å². The summed E-state index contributed by atoms with van der Waals surface area (Å²) in [5, 5.41) is 8.42. The van der Waals surface area contributed by atoms with Crippen molar-refractivity contribution in [1.29, 1.82) is 0 Å². The Morgan fingerprint density at radius 3 is 2.37 bits per heavy atom. The second-order valence-corrected chi connectivity index (χ2v) is 6.65. The van der Waals surface area contributed by atoms with Crippen molar-refractivity contribution in [3.63, 3.8) is 0 Å². The number of rotatable bonds is 5. The van der Waals surface area contributed by atoms with E-state index >= 15 is 0 Å². The summed E-state index contributed by atoms with van der Waals surface area (Å²) in [7, 11) is 1.60. The Bertz CT molecular complexity index is 783. The van der Waals surface area contributed by atoms with Gasteiger partial charge >= 0.3 is 6.03 Å². The third-order valence-electron chi connectivity index (χ3n) is 4.75. The molecule has 0 atom stereocenters. The summed E-state index contributed by atoms with van der Waals surface area (Å²) in [6.07, 6.45) is 3.64. The zero-order chi connectivity index (χ0) is 19.1. The first-order chi connectivity index (χ1) is 13.2. The van der Waals surface area contributed by atoms with E-state index < -0.39 is 0 Å². The average molecular weight is 366 g/mol. The van der Waals surface area contributed by atoms with Crippen LogP contribution in [0.25, 0.3) is 0 Å². The highest BCUT2D eigenvalue weighted by Crippen LogP contribution is 2.28. The molecule has 6 nitrogen and oxygen atoms in total. The summed E-state index contributed by atoms with van der Waals surface area (Å²) >= 11 is 0. The van der Waals surface area contributed by atoms with Crippen molar-refractivity contribution < 1.29 is 9.59 Å². The molecular weight excluding hydrogens is 340 g/mol. The van der Waals surface area contributed by atoms with Crippen LogP contribution in [0.5, 0.6) is 0 Å². The van der Waals surface area contributed by atoms with E-state index in [9.17, 15) is 9.59 Å². The summed E-state index contributed by atoms with van der Waals surface area (Å²) in [5.74, 6) is -0.124. The van der Waals surface area contributed by atoms with Crippen molar-refractivity contribution in [3.8, 4) is 0 Å². The van der Waals surface area contributed by atoms with E-state index in [1.54, 1.807) is 19.2 Å². The summed E-state index contributed by atoms with van der Waals surface area (Å²) in [6, 6.07) is 14.9. The van der Waals surface area contributed by atoms with E-state index in [1.165, 1.54) is 19.3 Å². The van der Waals surface area contributed by atoms with Crippen molar-refractivity contribution in [2.45, 2.75) is 25.8 Å². The molecule has 1 heterocycles. The van der Waals surface area contributed by atoms with Gasteiger partial charge in [-0.25, -0.2) is 4.79 Å². The highest BCUT2D eigenvalue weighted by molar-refractivity contribution is 5.94. The first-order valence-corrected chi connectivity index (χ1v) is 9.37. The van der Waals surface area contributed by atoms with Crippen LogP contribution in [0.3, 0.4) is 0 Å². The number of piperidine rings is 1. The molecule has 0 aromatic heterocycles. The van der Waals surface area contributed by atoms with Gasteiger partial charge in [0.1, 0.15) is 0 Å². The third-order valence-corrected chi connectivity index (χ3v) is 4.75. The lowest BCUT2D eigenvalue weighted by Gasteiger charge is -2.30. The summed E-state index contributed by atoms with van der Waals surface area (Å²) in [5.41, 5.74) is 3.43. The van der Waals surface area contributed by atoms with Crippen LogP contribution in [0, 0.1) is 0 Å². The van der Waals surface area contributed by atoms with E-state index in [2.05, 4.69) is 26.9 Å². The number of nitrogens with one attached hydrogen (secondary N) is 3. The largest absolute Gasteiger partial charge is 0.370 e. The van der Waals surface area contributed by atoms with E-state index in [0.717, 1.165) is 30.0 Å². The second kappa shape index (κ2) is 9.07. The molecule has 3 amide bonds. The molecule has 0 unspecified atom stereocenters. The molecule has 0 radical (unpaired) electrons. The zero-order valence-corrected chi connectivity index (χ0v) is 15.6.